The highest BCUT2D eigenvalue weighted by Gasteiger charge is 2.32. The molecule has 3 heteroatoms. The molecule has 1 rings (SSSR count). The zero-order chi connectivity index (χ0) is 12.3. The highest BCUT2D eigenvalue weighted by Crippen LogP contribution is 2.35. The summed E-state index contributed by atoms with van der Waals surface area (Å²) < 4.78 is 11.8. The van der Waals surface area contributed by atoms with Crippen LogP contribution in [-0.2, 0) is 10.8 Å². The summed E-state index contributed by atoms with van der Waals surface area (Å²) in [6, 6.07) is 0.636. The first-order chi connectivity index (χ1) is 7.32. The van der Waals surface area contributed by atoms with Gasteiger partial charge in [0.05, 0.1) is 0 Å². The molecule has 0 spiro atoms. The third-order valence-electron chi connectivity index (χ3n) is 3.20. The first-order valence-electron chi connectivity index (χ1n) is 6.44. The van der Waals surface area contributed by atoms with Gasteiger partial charge in [0.2, 0.25) is 0 Å². The van der Waals surface area contributed by atoms with Crippen LogP contribution in [0, 0.1) is 11.8 Å². The van der Waals surface area contributed by atoms with Crippen molar-refractivity contribution in [2.45, 2.75) is 58.2 Å². The van der Waals surface area contributed by atoms with Crippen LogP contribution in [0.15, 0.2) is 0 Å². The first-order valence-corrected chi connectivity index (χ1v) is 7.76. The smallest absolute Gasteiger partial charge is 0.0375 e. The standard InChI is InChI=1S/C13H27NOS/c1-10(2)12(11-6-7-11)14-8-9-16(15)13(3,4)5/h10-12,14H,6-9H2,1-5H3. The van der Waals surface area contributed by atoms with Crippen molar-refractivity contribution in [2.24, 2.45) is 11.8 Å². The van der Waals surface area contributed by atoms with E-state index in [2.05, 4.69) is 19.2 Å². The van der Waals surface area contributed by atoms with Crippen molar-refractivity contribution in [3.05, 3.63) is 0 Å². The van der Waals surface area contributed by atoms with Gasteiger partial charge in [-0.25, -0.2) is 0 Å². The Morgan fingerprint density at radius 1 is 1.31 bits per heavy atom. The Balaban J connectivity index is 2.26. The fraction of sp³-hybridized carbons (Fsp3) is 1.00. The lowest BCUT2D eigenvalue weighted by Crippen LogP contribution is -2.39. The molecule has 0 aliphatic heterocycles. The molecule has 1 saturated carbocycles. The molecule has 0 saturated heterocycles. The normalized spacial score (nSPS) is 21.1. The SMILES string of the molecule is CC(C)C(NCCS(=O)C(C)(C)C)C1CC1. The summed E-state index contributed by atoms with van der Waals surface area (Å²) in [6.45, 7) is 11.6. The maximum Gasteiger partial charge on any atom is 0.0375 e. The molecule has 1 aliphatic rings. The van der Waals surface area contributed by atoms with Gasteiger partial charge in [-0.2, -0.15) is 0 Å². The zero-order valence-electron chi connectivity index (χ0n) is 11.4. The van der Waals surface area contributed by atoms with Gasteiger partial charge in [-0.05, 0) is 45.4 Å². The summed E-state index contributed by atoms with van der Waals surface area (Å²) in [4.78, 5) is 0. The van der Waals surface area contributed by atoms with Crippen LogP contribution in [0.3, 0.4) is 0 Å². The van der Waals surface area contributed by atoms with Gasteiger partial charge in [-0.15, -0.1) is 0 Å². The number of hydrogen-bond acceptors (Lipinski definition) is 2. The predicted octanol–water partition coefficient (Wildman–Crippen LogP) is 2.56. The third-order valence-corrected chi connectivity index (χ3v) is 5.14. The van der Waals surface area contributed by atoms with E-state index in [1.807, 2.05) is 20.8 Å². The van der Waals surface area contributed by atoms with Crippen molar-refractivity contribution in [3.63, 3.8) is 0 Å². The average molecular weight is 245 g/mol. The molecular weight excluding hydrogens is 218 g/mol. The van der Waals surface area contributed by atoms with E-state index in [0.717, 1.165) is 18.2 Å². The zero-order valence-corrected chi connectivity index (χ0v) is 12.2. The lowest BCUT2D eigenvalue weighted by atomic mass is 10.00. The van der Waals surface area contributed by atoms with E-state index in [9.17, 15) is 4.21 Å². The molecule has 2 atom stereocenters. The molecular formula is C13H27NOS. The van der Waals surface area contributed by atoms with E-state index in [1.54, 1.807) is 0 Å². The van der Waals surface area contributed by atoms with Crippen LogP contribution in [0.2, 0.25) is 0 Å². The second-order valence-corrected chi connectivity index (χ2v) is 8.55. The molecule has 0 amide bonds. The monoisotopic (exact) mass is 245 g/mol. The highest BCUT2D eigenvalue weighted by atomic mass is 32.2. The van der Waals surface area contributed by atoms with E-state index < -0.39 is 10.8 Å². The van der Waals surface area contributed by atoms with Crippen LogP contribution in [-0.4, -0.2) is 27.3 Å². The maximum absolute atomic E-state index is 11.9. The highest BCUT2D eigenvalue weighted by molar-refractivity contribution is 7.86. The summed E-state index contributed by atoms with van der Waals surface area (Å²) in [7, 11) is -0.722. The van der Waals surface area contributed by atoms with E-state index in [4.69, 9.17) is 0 Å². The average Bonchev–Trinajstić information content (AvgIpc) is 2.93. The maximum atomic E-state index is 11.9. The molecule has 1 N–H and O–H groups in total. The van der Waals surface area contributed by atoms with Crippen LogP contribution >= 0.6 is 0 Å². The summed E-state index contributed by atoms with van der Waals surface area (Å²) in [6.07, 6.45) is 2.75. The van der Waals surface area contributed by atoms with E-state index in [1.165, 1.54) is 12.8 Å². The largest absolute Gasteiger partial charge is 0.313 e. The summed E-state index contributed by atoms with van der Waals surface area (Å²) >= 11 is 0. The van der Waals surface area contributed by atoms with E-state index in [-0.39, 0.29) is 4.75 Å². The van der Waals surface area contributed by atoms with Crippen LogP contribution in [0.5, 0.6) is 0 Å². The second kappa shape index (κ2) is 5.63. The van der Waals surface area contributed by atoms with Crippen LogP contribution in [0.1, 0.15) is 47.5 Å². The minimum absolute atomic E-state index is 0.0748. The molecule has 1 fully saturated rings. The van der Waals surface area contributed by atoms with Gasteiger partial charge in [0.25, 0.3) is 0 Å². The molecule has 0 radical (unpaired) electrons. The van der Waals surface area contributed by atoms with Crippen molar-refractivity contribution in [1.29, 1.82) is 0 Å². The Morgan fingerprint density at radius 3 is 2.25 bits per heavy atom. The van der Waals surface area contributed by atoms with Crippen LogP contribution < -0.4 is 5.32 Å². The van der Waals surface area contributed by atoms with Gasteiger partial charge in [0, 0.05) is 33.9 Å². The lowest BCUT2D eigenvalue weighted by Gasteiger charge is -2.23. The molecule has 0 aromatic heterocycles. The van der Waals surface area contributed by atoms with Crippen molar-refractivity contribution < 1.29 is 4.21 Å². The van der Waals surface area contributed by atoms with Gasteiger partial charge in [0.1, 0.15) is 0 Å². The molecule has 1 aliphatic carbocycles. The number of hydrogen-bond donors (Lipinski definition) is 1. The molecule has 2 unspecified atom stereocenters. The minimum Gasteiger partial charge on any atom is -0.313 e. The van der Waals surface area contributed by atoms with Crippen LogP contribution in [0.25, 0.3) is 0 Å². The van der Waals surface area contributed by atoms with Gasteiger partial charge in [-0.1, -0.05) is 13.8 Å². The number of nitrogens with one attached hydrogen (secondary N) is 1. The van der Waals surface area contributed by atoms with Crippen molar-refractivity contribution in [1.82, 2.24) is 5.32 Å². The van der Waals surface area contributed by atoms with Crippen molar-refractivity contribution in [2.75, 3.05) is 12.3 Å². The molecule has 0 aromatic carbocycles. The van der Waals surface area contributed by atoms with E-state index >= 15 is 0 Å². The Morgan fingerprint density at radius 2 is 1.88 bits per heavy atom. The van der Waals surface area contributed by atoms with Gasteiger partial charge < -0.3 is 5.32 Å². The van der Waals surface area contributed by atoms with E-state index in [0.29, 0.717) is 12.0 Å². The number of rotatable bonds is 6. The molecule has 0 heterocycles. The molecule has 16 heavy (non-hydrogen) atoms. The van der Waals surface area contributed by atoms with Gasteiger partial charge in [0.15, 0.2) is 0 Å². The molecule has 96 valence electrons. The van der Waals surface area contributed by atoms with Crippen molar-refractivity contribution >= 4 is 10.8 Å². The minimum atomic E-state index is -0.722. The quantitative estimate of drug-likeness (QED) is 0.779. The molecule has 2 nitrogen and oxygen atoms in total. The van der Waals surface area contributed by atoms with Gasteiger partial charge >= 0.3 is 0 Å². The molecule has 0 bridgehead atoms. The third kappa shape index (κ3) is 4.54. The summed E-state index contributed by atoms with van der Waals surface area (Å²) in [5, 5.41) is 3.59. The second-order valence-electron chi connectivity index (χ2n) is 6.22. The van der Waals surface area contributed by atoms with Gasteiger partial charge in [-0.3, -0.25) is 4.21 Å². The lowest BCUT2D eigenvalue weighted by molar-refractivity contribution is 0.369. The Bertz CT molecular complexity index is 239. The predicted molar refractivity (Wildman–Crippen MR) is 72.1 cm³/mol. The Labute approximate surface area is 103 Å². The summed E-state index contributed by atoms with van der Waals surface area (Å²) in [5.41, 5.74) is 0. The topological polar surface area (TPSA) is 29.1 Å². The Hall–Kier alpha value is 0.110. The van der Waals surface area contributed by atoms with Crippen molar-refractivity contribution in [3.8, 4) is 0 Å². The van der Waals surface area contributed by atoms with Crippen LogP contribution in [0.4, 0.5) is 0 Å². The first kappa shape index (κ1) is 14.2. The molecule has 0 aromatic rings. The fourth-order valence-electron chi connectivity index (χ4n) is 2.03. The summed E-state index contributed by atoms with van der Waals surface area (Å²) in [5.74, 6) is 2.35. The Kier molecular flexibility index (Phi) is 4.99. The fourth-order valence-corrected chi connectivity index (χ4v) is 2.94.